The van der Waals surface area contributed by atoms with E-state index in [0.29, 0.717) is 11.3 Å². The Morgan fingerprint density at radius 1 is 1.24 bits per heavy atom. The van der Waals surface area contributed by atoms with E-state index in [0.717, 1.165) is 14.0 Å². The van der Waals surface area contributed by atoms with Gasteiger partial charge in [-0.1, -0.05) is 22.0 Å². The summed E-state index contributed by atoms with van der Waals surface area (Å²) in [5.41, 5.74) is 0.677. The van der Waals surface area contributed by atoms with E-state index in [9.17, 15) is 4.39 Å². The standard InChI is InChI=1S/C12H8Br2FNS/c13-9-4-3-8(11(15)6-9)7-17-12-10(14)2-1-5-16-12/h1-6H,7H2. The lowest BCUT2D eigenvalue weighted by Gasteiger charge is -2.04. The van der Waals surface area contributed by atoms with Crippen LogP contribution in [0.3, 0.4) is 0 Å². The maximum Gasteiger partial charge on any atom is 0.128 e. The van der Waals surface area contributed by atoms with E-state index < -0.39 is 0 Å². The first kappa shape index (κ1) is 13.1. The quantitative estimate of drug-likeness (QED) is 0.696. The number of aromatic nitrogens is 1. The molecule has 0 radical (unpaired) electrons. The summed E-state index contributed by atoms with van der Waals surface area (Å²) >= 11 is 8.16. The molecule has 0 fully saturated rings. The van der Waals surface area contributed by atoms with Gasteiger partial charge in [-0.2, -0.15) is 0 Å². The van der Waals surface area contributed by atoms with Gasteiger partial charge in [0.05, 0.1) is 0 Å². The van der Waals surface area contributed by atoms with E-state index in [-0.39, 0.29) is 5.82 Å². The van der Waals surface area contributed by atoms with Crippen molar-refractivity contribution >= 4 is 43.6 Å². The normalized spacial score (nSPS) is 10.5. The number of nitrogens with zero attached hydrogens (tertiary/aromatic N) is 1. The van der Waals surface area contributed by atoms with Gasteiger partial charge in [-0.15, -0.1) is 11.8 Å². The minimum absolute atomic E-state index is 0.195. The highest BCUT2D eigenvalue weighted by Crippen LogP contribution is 2.28. The van der Waals surface area contributed by atoms with Crippen molar-refractivity contribution in [3.63, 3.8) is 0 Å². The fraction of sp³-hybridized carbons (Fsp3) is 0.0833. The summed E-state index contributed by atoms with van der Waals surface area (Å²) < 4.78 is 15.3. The molecule has 0 unspecified atom stereocenters. The number of halogens is 3. The van der Waals surface area contributed by atoms with E-state index in [2.05, 4.69) is 36.8 Å². The predicted molar refractivity (Wildman–Crippen MR) is 75.6 cm³/mol. The van der Waals surface area contributed by atoms with Crippen molar-refractivity contribution in [1.29, 1.82) is 0 Å². The van der Waals surface area contributed by atoms with Gasteiger partial charge in [-0.3, -0.25) is 0 Å². The molecule has 88 valence electrons. The lowest BCUT2D eigenvalue weighted by Crippen LogP contribution is -1.88. The molecule has 0 saturated heterocycles. The molecule has 0 amide bonds. The van der Waals surface area contributed by atoms with Crippen molar-refractivity contribution in [2.75, 3.05) is 0 Å². The summed E-state index contributed by atoms with van der Waals surface area (Å²) in [7, 11) is 0. The summed E-state index contributed by atoms with van der Waals surface area (Å²) in [6.07, 6.45) is 1.73. The Morgan fingerprint density at radius 3 is 2.76 bits per heavy atom. The van der Waals surface area contributed by atoms with Crippen LogP contribution in [0, 0.1) is 5.82 Å². The Kier molecular flexibility index (Phi) is 4.59. The minimum Gasteiger partial charge on any atom is -0.249 e. The van der Waals surface area contributed by atoms with E-state index in [1.54, 1.807) is 12.3 Å². The first-order chi connectivity index (χ1) is 8.16. The summed E-state index contributed by atoms with van der Waals surface area (Å²) in [5.74, 6) is 0.369. The Bertz CT molecular complexity index is 534. The Balaban J connectivity index is 2.10. The van der Waals surface area contributed by atoms with Crippen LogP contribution in [-0.2, 0) is 5.75 Å². The molecule has 2 rings (SSSR count). The van der Waals surface area contributed by atoms with Gasteiger partial charge in [0.25, 0.3) is 0 Å². The van der Waals surface area contributed by atoms with Crippen LogP contribution in [0.2, 0.25) is 0 Å². The first-order valence-electron chi connectivity index (χ1n) is 4.84. The van der Waals surface area contributed by atoms with Crippen molar-refractivity contribution in [3.8, 4) is 0 Å². The van der Waals surface area contributed by atoms with Gasteiger partial charge in [0.2, 0.25) is 0 Å². The van der Waals surface area contributed by atoms with Crippen molar-refractivity contribution in [2.45, 2.75) is 10.8 Å². The molecule has 0 aliphatic heterocycles. The number of benzene rings is 1. The number of pyridine rings is 1. The van der Waals surface area contributed by atoms with Crippen molar-refractivity contribution in [1.82, 2.24) is 4.98 Å². The molecule has 2 aromatic rings. The minimum atomic E-state index is -0.195. The Morgan fingerprint density at radius 2 is 2.06 bits per heavy atom. The zero-order chi connectivity index (χ0) is 12.3. The molecule has 0 N–H and O–H groups in total. The summed E-state index contributed by atoms with van der Waals surface area (Å²) in [5, 5.41) is 0.870. The topological polar surface area (TPSA) is 12.9 Å². The van der Waals surface area contributed by atoms with E-state index in [1.807, 2.05) is 18.2 Å². The van der Waals surface area contributed by atoms with Crippen LogP contribution >= 0.6 is 43.6 Å². The summed E-state index contributed by atoms with van der Waals surface area (Å²) in [6, 6.07) is 8.88. The maximum atomic E-state index is 13.6. The van der Waals surface area contributed by atoms with Crippen LogP contribution in [-0.4, -0.2) is 4.98 Å². The van der Waals surface area contributed by atoms with Gasteiger partial charge in [-0.25, -0.2) is 9.37 Å². The van der Waals surface area contributed by atoms with Crippen LogP contribution in [0.1, 0.15) is 5.56 Å². The lowest BCUT2D eigenvalue weighted by molar-refractivity contribution is 0.616. The molecule has 0 bridgehead atoms. The number of thioether (sulfide) groups is 1. The molecule has 1 aromatic heterocycles. The highest BCUT2D eigenvalue weighted by atomic mass is 79.9. The van der Waals surface area contributed by atoms with Crippen molar-refractivity contribution < 1.29 is 4.39 Å². The first-order valence-corrected chi connectivity index (χ1v) is 7.41. The van der Waals surface area contributed by atoms with Gasteiger partial charge in [0.15, 0.2) is 0 Å². The predicted octanol–water partition coefficient (Wildman–Crippen LogP) is 5.04. The fourth-order valence-corrected chi connectivity index (χ4v) is 3.06. The zero-order valence-electron chi connectivity index (χ0n) is 8.66. The molecule has 17 heavy (non-hydrogen) atoms. The Labute approximate surface area is 120 Å². The van der Waals surface area contributed by atoms with E-state index in [1.165, 1.54) is 17.8 Å². The second kappa shape index (κ2) is 5.98. The van der Waals surface area contributed by atoms with Gasteiger partial charge in [-0.05, 0) is 45.8 Å². The smallest absolute Gasteiger partial charge is 0.128 e. The SMILES string of the molecule is Fc1cc(Br)ccc1CSc1ncccc1Br. The molecular formula is C12H8Br2FNS. The molecule has 0 saturated carbocycles. The third-order valence-corrected chi connectivity index (χ3v) is 4.55. The highest BCUT2D eigenvalue weighted by Gasteiger charge is 2.06. The zero-order valence-corrected chi connectivity index (χ0v) is 12.6. The molecule has 0 aliphatic carbocycles. The monoisotopic (exact) mass is 375 g/mol. The second-order valence-electron chi connectivity index (χ2n) is 3.31. The van der Waals surface area contributed by atoms with Crippen LogP contribution < -0.4 is 0 Å². The summed E-state index contributed by atoms with van der Waals surface area (Å²) in [6.45, 7) is 0. The van der Waals surface area contributed by atoms with Crippen LogP contribution in [0.25, 0.3) is 0 Å². The molecular weight excluding hydrogens is 369 g/mol. The fourth-order valence-electron chi connectivity index (χ4n) is 1.26. The van der Waals surface area contributed by atoms with Crippen molar-refractivity contribution in [3.05, 3.63) is 56.9 Å². The van der Waals surface area contributed by atoms with Crippen LogP contribution in [0.15, 0.2) is 50.5 Å². The molecule has 1 nitrogen and oxygen atoms in total. The van der Waals surface area contributed by atoms with E-state index in [4.69, 9.17) is 0 Å². The maximum absolute atomic E-state index is 13.6. The average molecular weight is 377 g/mol. The second-order valence-corrected chi connectivity index (χ2v) is 6.05. The van der Waals surface area contributed by atoms with Gasteiger partial charge < -0.3 is 0 Å². The number of hydrogen-bond donors (Lipinski definition) is 0. The lowest BCUT2D eigenvalue weighted by atomic mass is 10.2. The third-order valence-electron chi connectivity index (χ3n) is 2.10. The molecule has 0 aliphatic rings. The number of hydrogen-bond acceptors (Lipinski definition) is 2. The van der Waals surface area contributed by atoms with Gasteiger partial charge >= 0.3 is 0 Å². The molecule has 0 spiro atoms. The third kappa shape index (κ3) is 3.53. The van der Waals surface area contributed by atoms with E-state index >= 15 is 0 Å². The molecule has 1 heterocycles. The van der Waals surface area contributed by atoms with Crippen LogP contribution in [0.4, 0.5) is 4.39 Å². The van der Waals surface area contributed by atoms with Crippen LogP contribution in [0.5, 0.6) is 0 Å². The van der Waals surface area contributed by atoms with Crippen molar-refractivity contribution in [2.24, 2.45) is 0 Å². The number of rotatable bonds is 3. The average Bonchev–Trinajstić information content (AvgIpc) is 2.30. The highest BCUT2D eigenvalue weighted by molar-refractivity contribution is 9.10. The molecule has 0 atom stereocenters. The van der Waals surface area contributed by atoms with Gasteiger partial charge in [0.1, 0.15) is 10.8 Å². The summed E-state index contributed by atoms with van der Waals surface area (Å²) in [4.78, 5) is 4.22. The Hall–Kier alpha value is -0.390. The molecule has 5 heteroatoms. The molecule has 1 aromatic carbocycles. The largest absolute Gasteiger partial charge is 0.249 e. The van der Waals surface area contributed by atoms with Gasteiger partial charge in [0, 0.05) is 20.9 Å².